The molecule has 5 nitrogen and oxygen atoms in total. The van der Waals surface area contributed by atoms with Crippen molar-refractivity contribution in [2.24, 2.45) is 16.1 Å². The maximum Gasteiger partial charge on any atom is 0.283 e. The number of aliphatic imine (C=N–C) groups is 1. The number of halogens is 2. The number of rotatable bonds is 1. The molecule has 2 aromatic carbocycles. The topological polar surface area (TPSA) is 66.1 Å². The average molecular weight is 386 g/mol. The first-order valence-electron chi connectivity index (χ1n) is 9.12. The third-order valence-corrected chi connectivity index (χ3v) is 6.36. The van der Waals surface area contributed by atoms with Crippen LogP contribution in [0.3, 0.4) is 0 Å². The zero-order valence-electron chi connectivity index (χ0n) is 15.6. The monoisotopic (exact) mass is 386 g/mol. The molecule has 1 atom stereocenters. The molecule has 3 heterocycles. The van der Waals surface area contributed by atoms with Crippen LogP contribution in [0.2, 0.25) is 0 Å². The highest BCUT2D eigenvalue weighted by molar-refractivity contribution is 5.76. The van der Waals surface area contributed by atoms with Gasteiger partial charge in [-0.15, -0.1) is 0 Å². The first-order chi connectivity index (χ1) is 13.3. The van der Waals surface area contributed by atoms with Crippen LogP contribution in [-0.2, 0) is 15.0 Å². The summed E-state index contributed by atoms with van der Waals surface area (Å²) in [5.41, 5.74) is 6.00. The Balaban J connectivity index is 1.74. The standard InChI is InChI=1S/C21H20F2N2O3/c1-19(2)20(9-26-10-20)21(11-27-18(24)25-21)16-7-12(3-4-17(16)28-19)13-5-14(22)8-15(23)6-13/h3-8H,9-11H2,1-2H3,(H2,24,25). The van der Waals surface area contributed by atoms with E-state index in [4.69, 9.17) is 24.9 Å². The Morgan fingerprint density at radius 1 is 0.964 bits per heavy atom. The van der Waals surface area contributed by atoms with E-state index in [1.165, 1.54) is 12.1 Å². The van der Waals surface area contributed by atoms with Gasteiger partial charge in [0, 0.05) is 11.6 Å². The first kappa shape index (κ1) is 17.4. The Labute approximate surface area is 161 Å². The van der Waals surface area contributed by atoms with E-state index in [0.29, 0.717) is 30.1 Å². The van der Waals surface area contributed by atoms with Crippen LogP contribution < -0.4 is 10.5 Å². The molecule has 0 radical (unpaired) electrons. The van der Waals surface area contributed by atoms with E-state index in [1.54, 1.807) is 6.07 Å². The molecule has 7 heteroatoms. The molecule has 2 spiro atoms. The van der Waals surface area contributed by atoms with E-state index in [0.717, 1.165) is 11.6 Å². The van der Waals surface area contributed by atoms with E-state index in [1.807, 2.05) is 26.0 Å². The molecular weight excluding hydrogens is 366 g/mol. The van der Waals surface area contributed by atoms with E-state index < -0.39 is 28.2 Å². The van der Waals surface area contributed by atoms with Crippen molar-refractivity contribution in [3.05, 3.63) is 53.6 Å². The third kappa shape index (κ3) is 2.11. The van der Waals surface area contributed by atoms with Crippen LogP contribution in [0.1, 0.15) is 19.4 Å². The van der Waals surface area contributed by atoms with Crippen LogP contribution >= 0.6 is 0 Å². The molecule has 146 valence electrons. The zero-order chi connectivity index (χ0) is 19.7. The quantitative estimate of drug-likeness (QED) is 0.816. The average Bonchev–Trinajstić information content (AvgIpc) is 2.94. The second kappa shape index (κ2) is 5.44. The predicted molar refractivity (Wildman–Crippen MR) is 99.0 cm³/mol. The molecule has 1 fully saturated rings. The number of hydrogen-bond acceptors (Lipinski definition) is 5. The van der Waals surface area contributed by atoms with Crippen molar-refractivity contribution < 1.29 is 23.0 Å². The van der Waals surface area contributed by atoms with E-state index in [2.05, 4.69) is 0 Å². The number of nitrogens with two attached hydrogens (primary N) is 1. The van der Waals surface area contributed by atoms with E-state index >= 15 is 0 Å². The van der Waals surface area contributed by atoms with Gasteiger partial charge in [0.2, 0.25) is 0 Å². The summed E-state index contributed by atoms with van der Waals surface area (Å²) >= 11 is 0. The second-order valence-electron chi connectivity index (χ2n) is 8.16. The van der Waals surface area contributed by atoms with Gasteiger partial charge in [-0.25, -0.2) is 13.8 Å². The van der Waals surface area contributed by atoms with Gasteiger partial charge in [0.15, 0.2) is 0 Å². The lowest BCUT2D eigenvalue weighted by atomic mass is 9.55. The predicted octanol–water partition coefficient (Wildman–Crippen LogP) is 3.36. The SMILES string of the molecule is CC1(C)Oc2ccc(-c3cc(F)cc(F)c3)cc2C2(COC(N)=N2)C12COC2. The lowest BCUT2D eigenvalue weighted by Gasteiger charge is -2.61. The molecule has 3 aliphatic rings. The van der Waals surface area contributed by atoms with Crippen molar-refractivity contribution in [1.82, 2.24) is 0 Å². The van der Waals surface area contributed by atoms with Crippen molar-refractivity contribution in [1.29, 1.82) is 0 Å². The number of nitrogens with zero attached hydrogens (tertiary/aromatic N) is 1. The van der Waals surface area contributed by atoms with Crippen molar-refractivity contribution in [3.63, 3.8) is 0 Å². The summed E-state index contributed by atoms with van der Waals surface area (Å²) < 4.78 is 45.0. The molecule has 28 heavy (non-hydrogen) atoms. The summed E-state index contributed by atoms with van der Waals surface area (Å²) in [6.45, 7) is 5.21. The van der Waals surface area contributed by atoms with Crippen LogP contribution in [0, 0.1) is 17.0 Å². The molecule has 0 amide bonds. The van der Waals surface area contributed by atoms with Gasteiger partial charge < -0.3 is 19.9 Å². The van der Waals surface area contributed by atoms with Gasteiger partial charge in [-0.3, -0.25) is 0 Å². The Bertz CT molecular complexity index is 996. The molecule has 2 N–H and O–H groups in total. The van der Waals surface area contributed by atoms with Crippen molar-refractivity contribution in [2.75, 3.05) is 19.8 Å². The Morgan fingerprint density at radius 2 is 1.68 bits per heavy atom. The highest BCUT2D eigenvalue weighted by atomic mass is 19.1. The maximum absolute atomic E-state index is 13.7. The molecule has 0 aromatic heterocycles. The van der Waals surface area contributed by atoms with Gasteiger partial charge in [0.1, 0.15) is 35.1 Å². The van der Waals surface area contributed by atoms with Crippen LogP contribution in [0.15, 0.2) is 41.4 Å². The molecule has 3 aliphatic heterocycles. The molecule has 1 unspecified atom stereocenters. The minimum Gasteiger partial charge on any atom is -0.487 e. The first-order valence-corrected chi connectivity index (χ1v) is 9.12. The minimum atomic E-state index is -0.783. The fraction of sp³-hybridized carbons (Fsp3) is 0.381. The third-order valence-electron chi connectivity index (χ3n) is 6.36. The molecule has 0 saturated carbocycles. The molecule has 2 aromatic rings. The maximum atomic E-state index is 13.7. The van der Waals surface area contributed by atoms with Crippen molar-refractivity contribution >= 4 is 6.02 Å². The van der Waals surface area contributed by atoms with Crippen molar-refractivity contribution in [3.8, 4) is 16.9 Å². The number of benzene rings is 2. The highest BCUT2D eigenvalue weighted by Gasteiger charge is 2.71. The molecule has 5 rings (SSSR count). The summed E-state index contributed by atoms with van der Waals surface area (Å²) in [5, 5.41) is 0. The van der Waals surface area contributed by atoms with Crippen LogP contribution in [0.4, 0.5) is 8.78 Å². The minimum absolute atomic E-state index is 0.122. The normalized spacial score (nSPS) is 26.2. The smallest absolute Gasteiger partial charge is 0.283 e. The number of ether oxygens (including phenoxy) is 3. The van der Waals surface area contributed by atoms with Crippen LogP contribution in [0.5, 0.6) is 5.75 Å². The highest BCUT2D eigenvalue weighted by Crippen LogP contribution is 2.62. The number of amidine groups is 1. The van der Waals surface area contributed by atoms with E-state index in [9.17, 15) is 8.78 Å². The molecule has 1 saturated heterocycles. The number of fused-ring (bicyclic) bond motifs is 3. The van der Waals surface area contributed by atoms with Gasteiger partial charge in [-0.05, 0) is 49.2 Å². The van der Waals surface area contributed by atoms with Gasteiger partial charge in [0.25, 0.3) is 6.02 Å². The summed E-state index contributed by atoms with van der Waals surface area (Å²) in [5.74, 6) is -0.601. The van der Waals surface area contributed by atoms with Gasteiger partial charge >= 0.3 is 0 Å². The number of hydrogen-bond donors (Lipinski definition) is 1. The van der Waals surface area contributed by atoms with Gasteiger partial charge in [0.05, 0.1) is 18.6 Å². The van der Waals surface area contributed by atoms with Gasteiger partial charge in [-0.2, -0.15) is 0 Å². The Kier molecular flexibility index (Phi) is 3.39. The Morgan fingerprint density at radius 3 is 2.25 bits per heavy atom. The zero-order valence-corrected chi connectivity index (χ0v) is 15.6. The van der Waals surface area contributed by atoms with Crippen LogP contribution in [0.25, 0.3) is 11.1 Å². The lowest BCUT2D eigenvalue weighted by Crippen LogP contribution is -2.71. The molecule has 0 aliphatic carbocycles. The Hall–Kier alpha value is -2.67. The van der Waals surface area contributed by atoms with Crippen molar-refractivity contribution in [2.45, 2.75) is 25.0 Å². The van der Waals surface area contributed by atoms with Gasteiger partial charge in [-0.1, -0.05) is 6.07 Å². The summed E-state index contributed by atoms with van der Waals surface area (Å²) in [4.78, 5) is 4.73. The molecular formula is C21H20F2N2O3. The molecule has 0 bridgehead atoms. The van der Waals surface area contributed by atoms with E-state index in [-0.39, 0.29) is 12.6 Å². The second-order valence-corrected chi connectivity index (χ2v) is 8.16. The summed E-state index contributed by atoms with van der Waals surface area (Å²) in [6, 6.07) is 9.04. The van der Waals surface area contributed by atoms with Crippen LogP contribution in [-0.4, -0.2) is 31.4 Å². The fourth-order valence-electron chi connectivity index (χ4n) is 4.68. The summed E-state index contributed by atoms with van der Waals surface area (Å²) in [7, 11) is 0. The largest absolute Gasteiger partial charge is 0.487 e. The lowest BCUT2D eigenvalue weighted by molar-refractivity contribution is -0.247. The fourth-order valence-corrected chi connectivity index (χ4v) is 4.68. The summed E-state index contributed by atoms with van der Waals surface area (Å²) in [6.07, 6.45) is 0.